The Labute approximate surface area is 278 Å². The Hall–Kier alpha value is -1.46. The quantitative estimate of drug-likeness (QED) is 0.174. The molecule has 0 heterocycles. The third kappa shape index (κ3) is 17.6. The van der Waals surface area contributed by atoms with Gasteiger partial charge in [-0.1, -0.05) is 107 Å². The van der Waals surface area contributed by atoms with Crippen LogP contribution in [0.25, 0.3) is 0 Å². The monoisotopic (exact) mass is 694 g/mol. The van der Waals surface area contributed by atoms with E-state index < -0.39 is 49.0 Å². The van der Waals surface area contributed by atoms with Crippen molar-refractivity contribution in [2.75, 3.05) is 26.4 Å². The molecule has 0 fully saturated rings. The van der Waals surface area contributed by atoms with Crippen molar-refractivity contribution in [3.8, 4) is 11.5 Å². The molecule has 0 bridgehead atoms. The van der Waals surface area contributed by atoms with Crippen LogP contribution in [0.4, 0.5) is 0 Å². The van der Waals surface area contributed by atoms with Gasteiger partial charge in [0.05, 0.1) is 31.8 Å². The minimum Gasteiger partial charge on any atom is -0.508 e. The van der Waals surface area contributed by atoms with Crippen LogP contribution in [0, 0.1) is 5.41 Å². The molecule has 268 valence electrons. The van der Waals surface area contributed by atoms with Crippen LogP contribution in [0.1, 0.15) is 105 Å². The molecule has 11 nitrogen and oxygen atoms in total. The van der Waals surface area contributed by atoms with Gasteiger partial charge in [0.25, 0.3) is 0 Å². The second kappa shape index (κ2) is 19.5. The Bertz CT molecular complexity index is 1040. The van der Waals surface area contributed by atoms with Gasteiger partial charge in [0.1, 0.15) is 11.5 Å². The molecule has 0 aliphatic carbocycles. The maximum Gasteiger partial charge on any atom is 0.334 e. The fourth-order valence-electron chi connectivity index (χ4n) is 3.63. The van der Waals surface area contributed by atoms with Gasteiger partial charge in [0.2, 0.25) is 0 Å². The summed E-state index contributed by atoms with van der Waals surface area (Å²) in [5.41, 5.74) is 3.44. The van der Waals surface area contributed by atoms with Crippen LogP contribution in [-0.2, 0) is 26.0 Å². The molecule has 0 saturated heterocycles. The third-order valence-corrected chi connectivity index (χ3v) is 8.00. The number of phenolic OH excluding ortho intramolecular Hbond substituents is 2. The first-order chi connectivity index (χ1) is 20.6. The second-order valence-corrected chi connectivity index (χ2v) is 16.8. The summed E-state index contributed by atoms with van der Waals surface area (Å²) in [6.07, 6.45) is 0. The number of hydrogen-bond acceptors (Lipinski definition) is 11. The lowest BCUT2D eigenvalue weighted by Gasteiger charge is -2.24. The SMILES string of the molecule is CC(C)(C)c1ccc(C(C)(C)C)c(O)c1.CC(C)(C)c1ccc(C(C)(C)C)c(O)c1.OCC(CO)(CO)CO.OP(O)OP(O)O. The Morgan fingerprint density at radius 1 is 0.478 bits per heavy atom. The molecule has 0 amide bonds. The fraction of sp³-hybridized carbons (Fsp3) is 0.636. The normalized spacial score (nSPS) is 12.5. The van der Waals surface area contributed by atoms with Crippen molar-refractivity contribution in [3.05, 3.63) is 58.7 Å². The summed E-state index contributed by atoms with van der Waals surface area (Å²) in [7, 11) is -5.22. The molecule has 46 heavy (non-hydrogen) atoms. The average molecular weight is 695 g/mol. The van der Waals surface area contributed by atoms with Crippen LogP contribution < -0.4 is 0 Å². The predicted molar refractivity (Wildman–Crippen MR) is 186 cm³/mol. The average Bonchev–Trinajstić information content (AvgIpc) is 2.88. The number of aliphatic hydroxyl groups is 4. The van der Waals surface area contributed by atoms with E-state index >= 15 is 0 Å². The highest BCUT2D eigenvalue weighted by Gasteiger charge is 2.26. The standard InChI is InChI=1S/2C14H22O.C5H12O4.H4O5P2/c2*1-13(2,3)10-7-8-11(12(15)9-10)14(4,5)6;6-1-5(2-7,3-8)4-9;1-6(2)5-7(3)4/h2*7-9,15H,1-6H3;6-9H,1-4H2;1-4H. The molecule has 0 radical (unpaired) electrons. The first kappa shape index (κ1) is 46.7. The number of rotatable bonds is 6. The van der Waals surface area contributed by atoms with Crippen LogP contribution in [0.3, 0.4) is 0 Å². The van der Waals surface area contributed by atoms with E-state index in [1.165, 1.54) is 11.1 Å². The molecule has 13 heteroatoms. The summed E-state index contributed by atoms with van der Waals surface area (Å²) in [5, 5.41) is 54.0. The first-order valence-electron chi connectivity index (χ1n) is 14.8. The van der Waals surface area contributed by atoms with Crippen molar-refractivity contribution in [2.24, 2.45) is 5.41 Å². The minimum absolute atomic E-state index is 0.000494. The maximum absolute atomic E-state index is 9.99. The lowest BCUT2D eigenvalue weighted by molar-refractivity contribution is -0.0328. The summed E-state index contributed by atoms with van der Waals surface area (Å²) < 4.78 is 3.60. The molecular formula is C33H60O11P2. The van der Waals surface area contributed by atoms with E-state index in [0.717, 1.165) is 11.1 Å². The summed E-state index contributed by atoms with van der Waals surface area (Å²) in [4.78, 5) is 31.3. The van der Waals surface area contributed by atoms with Crippen LogP contribution >= 0.6 is 17.2 Å². The number of phenols is 2. The Kier molecular flexibility index (Phi) is 19.8. The van der Waals surface area contributed by atoms with Gasteiger partial charge in [-0.3, -0.25) is 0 Å². The van der Waals surface area contributed by atoms with Crippen LogP contribution in [0.5, 0.6) is 11.5 Å². The highest BCUT2D eigenvalue weighted by Crippen LogP contribution is 2.41. The van der Waals surface area contributed by atoms with Gasteiger partial charge in [-0.25, -0.2) is 4.31 Å². The smallest absolute Gasteiger partial charge is 0.334 e. The third-order valence-electron chi connectivity index (χ3n) is 6.83. The topological polar surface area (TPSA) is 212 Å². The minimum atomic E-state index is -2.61. The lowest BCUT2D eigenvalue weighted by Crippen LogP contribution is -2.37. The fourth-order valence-corrected chi connectivity index (χ4v) is 4.15. The summed E-state index contributed by atoms with van der Waals surface area (Å²) in [6.45, 7) is 23.9. The number of benzene rings is 2. The molecule has 0 aliphatic rings. The Morgan fingerprint density at radius 3 is 0.848 bits per heavy atom. The highest BCUT2D eigenvalue weighted by atomic mass is 31.2. The molecule has 10 N–H and O–H groups in total. The van der Waals surface area contributed by atoms with Crippen LogP contribution in [0.15, 0.2) is 36.4 Å². The van der Waals surface area contributed by atoms with Crippen molar-refractivity contribution in [2.45, 2.75) is 105 Å². The number of aliphatic hydroxyl groups excluding tert-OH is 4. The molecular weight excluding hydrogens is 634 g/mol. The van der Waals surface area contributed by atoms with Crippen molar-refractivity contribution in [1.29, 1.82) is 0 Å². The lowest BCUT2D eigenvalue weighted by atomic mass is 9.81. The van der Waals surface area contributed by atoms with Crippen molar-refractivity contribution < 1.29 is 54.5 Å². The summed E-state index contributed by atoms with van der Waals surface area (Å²) >= 11 is 0. The van der Waals surface area contributed by atoms with Crippen molar-refractivity contribution in [3.63, 3.8) is 0 Å². The van der Waals surface area contributed by atoms with Gasteiger partial charge in [0, 0.05) is 0 Å². The number of aromatic hydroxyl groups is 2. The zero-order valence-corrected chi connectivity index (χ0v) is 31.4. The second-order valence-electron chi connectivity index (χ2n) is 15.2. The van der Waals surface area contributed by atoms with Gasteiger partial charge in [-0.05, 0) is 56.0 Å². The van der Waals surface area contributed by atoms with E-state index in [1.807, 2.05) is 24.3 Å². The molecule has 0 unspecified atom stereocenters. The van der Waals surface area contributed by atoms with Crippen LogP contribution in [-0.4, -0.2) is 76.6 Å². The van der Waals surface area contributed by atoms with Gasteiger partial charge >= 0.3 is 17.2 Å². The molecule has 0 spiro atoms. The summed E-state index contributed by atoms with van der Waals surface area (Å²) in [6, 6.07) is 12.1. The van der Waals surface area contributed by atoms with Crippen molar-refractivity contribution in [1.82, 2.24) is 0 Å². The van der Waals surface area contributed by atoms with Crippen LogP contribution in [0.2, 0.25) is 0 Å². The molecule has 0 atom stereocenters. The number of hydrogen-bond donors (Lipinski definition) is 10. The molecule has 0 saturated carbocycles. The van der Waals surface area contributed by atoms with Gasteiger partial charge in [0.15, 0.2) is 0 Å². The zero-order chi connectivity index (χ0) is 36.9. The van der Waals surface area contributed by atoms with Gasteiger partial charge < -0.3 is 50.2 Å². The summed E-state index contributed by atoms with van der Waals surface area (Å²) in [5.74, 6) is 0.824. The Balaban J connectivity index is 0. The Morgan fingerprint density at radius 2 is 0.739 bits per heavy atom. The van der Waals surface area contributed by atoms with Crippen molar-refractivity contribution >= 4 is 17.2 Å². The van der Waals surface area contributed by atoms with Gasteiger partial charge in [-0.15, -0.1) is 0 Å². The molecule has 2 aromatic rings. The largest absolute Gasteiger partial charge is 0.508 e. The van der Waals surface area contributed by atoms with E-state index in [9.17, 15) is 10.2 Å². The molecule has 2 rings (SSSR count). The van der Waals surface area contributed by atoms with E-state index in [2.05, 4.69) is 99.5 Å². The highest BCUT2D eigenvalue weighted by molar-refractivity contribution is 7.53. The van der Waals surface area contributed by atoms with E-state index in [1.54, 1.807) is 0 Å². The van der Waals surface area contributed by atoms with E-state index in [0.29, 0.717) is 11.5 Å². The molecule has 2 aromatic carbocycles. The van der Waals surface area contributed by atoms with Gasteiger partial charge in [-0.2, -0.15) is 0 Å². The molecule has 0 aliphatic heterocycles. The predicted octanol–water partition coefficient (Wildman–Crippen LogP) is 5.34. The molecule has 0 aromatic heterocycles. The zero-order valence-electron chi connectivity index (χ0n) is 29.6. The van der Waals surface area contributed by atoms with E-state index in [4.69, 9.17) is 40.0 Å². The first-order valence-corrected chi connectivity index (χ1v) is 17.1. The van der Waals surface area contributed by atoms with E-state index in [-0.39, 0.29) is 21.7 Å². The maximum atomic E-state index is 9.99.